The molecule has 0 radical (unpaired) electrons. The molecule has 1 fully saturated rings. The molecule has 0 bridgehead atoms. The van der Waals surface area contributed by atoms with E-state index >= 15 is 0 Å². The van der Waals surface area contributed by atoms with Crippen molar-refractivity contribution in [1.29, 1.82) is 0 Å². The Kier molecular flexibility index (Phi) is 5.39. The highest BCUT2D eigenvalue weighted by molar-refractivity contribution is 5.62. The van der Waals surface area contributed by atoms with Gasteiger partial charge < -0.3 is 15.2 Å². The normalized spacial score (nSPS) is 20.7. The number of aliphatic hydroxyl groups is 1. The van der Waals surface area contributed by atoms with Crippen LogP contribution in [-0.2, 0) is 11.3 Å². The van der Waals surface area contributed by atoms with Crippen LogP contribution in [0.5, 0.6) is 0 Å². The predicted octanol–water partition coefficient (Wildman–Crippen LogP) is 2.63. The average Bonchev–Trinajstić information content (AvgIpc) is 3.05. The number of aromatic nitrogens is 1. The summed E-state index contributed by atoms with van der Waals surface area (Å²) in [7, 11) is 0. The number of nitrogens with zero attached hydrogens (tertiary/aromatic N) is 1. The lowest BCUT2D eigenvalue weighted by molar-refractivity contribution is 0.124. The van der Waals surface area contributed by atoms with Gasteiger partial charge in [-0.2, -0.15) is 0 Å². The van der Waals surface area contributed by atoms with E-state index in [2.05, 4.69) is 40.6 Å². The lowest BCUT2D eigenvalue weighted by Gasteiger charge is -2.27. The van der Waals surface area contributed by atoms with E-state index in [1.807, 2.05) is 12.3 Å². The first kappa shape index (κ1) is 16.1. The molecule has 0 aliphatic carbocycles. The lowest BCUT2D eigenvalue weighted by atomic mass is 9.84. The third-order valence-corrected chi connectivity index (χ3v) is 4.58. The smallest absolute Gasteiger partial charge is 0.0536 e. The minimum atomic E-state index is 0.0930. The van der Waals surface area contributed by atoms with Crippen LogP contribution in [0.3, 0.4) is 0 Å². The van der Waals surface area contributed by atoms with E-state index in [1.54, 1.807) is 6.20 Å². The monoisotopic (exact) mass is 312 g/mol. The molecule has 2 aromatic rings. The number of rotatable bonds is 7. The Bertz CT molecular complexity index is 610. The van der Waals surface area contributed by atoms with E-state index in [-0.39, 0.29) is 12.0 Å². The molecule has 3 rings (SSSR count). The molecule has 1 atom stereocenters. The summed E-state index contributed by atoms with van der Waals surface area (Å²) in [6, 6.07) is 12.6. The van der Waals surface area contributed by atoms with E-state index in [9.17, 15) is 5.11 Å². The molecule has 1 aromatic carbocycles. The molecule has 23 heavy (non-hydrogen) atoms. The standard InChI is InChI=1S/C19H24N2O2/c22-9-6-19(7-10-23-15-19)14-21-12-16-3-1-4-17(11-16)18-5-2-8-20-13-18/h1-5,8,11,13,21-22H,6-7,9-10,12,14-15H2. The second-order valence-electron chi connectivity index (χ2n) is 6.32. The second kappa shape index (κ2) is 7.68. The van der Waals surface area contributed by atoms with Crippen molar-refractivity contribution in [2.75, 3.05) is 26.4 Å². The molecule has 122 valence electrons. The number of hydrogen-bond donors (Lipinski definition) is 2. The van der Waals surface area contributed by atoms with E-state index in [1.165, 1.54) is 11.1 Å². The molecule has 2 heterocycles. The van der Waals surface area contributed by atoms with Gasteiger partial charge in [0.05, 0.1) is 6.61 Å². The Labute approximate surface area is 137 Å². The van der Waals surface area contributed by atoms with Crippen LogP contribution in [0.2, 0.25) is 0 Å². The summed E-state index contributed by atoms with van der Waals surface area (Å²) < 4.78 is 5.53. The first-order chi connectivity index (χ1) is 11.3. The van der Waals surface area contributed by atoms with Gasteiger partial charge in [0.15, 0.2) is 0 Å². The molecular formula is C19H24N2O2. The summed E-state index contributed by atoms with van der Waals surface area (Å²) in [5.74, 6) is 0. The van der Waals surface area contributed by atoms with Crippen molar-refractivity contribution in [2.24, 2.45) is 5.41 Å². The average molecular weight is 312 g/mol. The number of aliphatic hydroxyl groups excluding tert-OH is 1. The first-order valence-electron chi connectivity index (χ1n) is 8.20. The molecule has 0 saturated carbocycles. The van der Waals surface area contributed by atoms with Gasteiger partial charge in [-0.25, -0.2) is 0 Å². The van der Waals surface area contributed by atoms with Crippen molar-refractivity contribution in [2.45, 2.75) is 19.4 Å². The largest absolute Gasteiger partial charge is 0.396 e. The molecule has 4 heteroatoms. The summed E-state index contributed by atoms with van der Waals surface area (Å²) in [5, 5.41) is 12.8. The third kappa shape index (κ3) is 4.16. The maximum Gasteiger partial charge on any atom is 0.0536 e. The fourth-order valence-corrected chi connectivity index (χ4v) is 3.18. The number of benzene rings is 1. The van der Waals surface area contributed by atoms with Gasteiger partial charge in [-0.3, -0.25) is 4.98 Å². The molecule has 1 aromatic heterocycles. The quantitative estimate of drug-likeness (QED) is 0.825. The molecule has 4 nitrogen and oxygen atoms in total. The molecular weight excluding hydrogens is 288 g/mol. The van der Waals surface area contributed by atoms with Crippen LogP contribution >= 0.6 is 0 Å². The Morgan fingerprint density at radius 1 is 1.22 bits per heavy atom. The summed E-state index contributed by atoms with van der Waals surface area (Å²) >= 11 is 0. The Balaban J connectivity index is 1.60. The van der Waals surface area contributed by atoms with Crippen molar-refractivity contribution in [3.63, 3.8) is 0 Å². The summed E-state index contributed by atoms with van der Waals surface area (Å²) in [5.41, 5.74) is 3.67. The highest BCUT2D eigenvalue weighted by Crippen LogP contribution is 2.31. The number of hydrogen-bond acceptors (Lipinski definition) is 4. The van der Waals surface area contributed by atoms with E-state index in [0.717, 1.165) is 44.7 Å². The topological polar surface area (TPSA) is 54.4 Å². The molecule has 1 unspecified atom stereocenters. The molecule has 0 amide bonds. The molecule has 1 aliphatic rings. The Hall–Kier alpha value is -1.75. The highest BCUT2D eigenvalue weighted by Gasteiger charge is 2.33. The maximum atomic E-state index is 9.28. The van der Waals surface area contributed by atoms with Crippen LogP contribution in [0.15, 0.2) is 48.8 Å². The van der Waals surface area contributed by atoms with Crippen molar-refractivity contribution < 1.29 is 9.84 Å². The minimum Gasteiger partial charge on any atom is -0.396 e. The molecule has 1 aliphatic heterocycles. The van der Waals surface area contributed by atoms with E-state index in [0.29, 0.717) is 0 Å². The van der Waals surface area contributed by atoms with Gasteiger partial charge in [0.25, 0.3) is 0 Å². The van der Waals surface area contributed by atoms with Crippen molar-refractivity contribution in [3.05, 3.63) is 54.4 Å². The number of ether oxygens (including phenoxy) is 1. The van der Waals surface area contributed by atoms with Gasteiger partial charge in [-0.1, -0.05) is 24.3 Å². The molecule has 1 saturated heterocycles. The van der Waals surface area contributed by atoms with E-state index < -0.39 is 0 Å². The second-order valence-corrected chi connectivity index (χ2v) is 6.32. The van der Waals surface area contributed by atoms with E-state index in [4.69, 9.17) is 4.74 Å². The maximum absolute atomic E-state index is 9.28. The van der Waals surface area contributed by atoms with Gasteiger partial charge in [-0.15, -0.1) is 0 Å². The summed E-state index contributed by atoms with van der Waals surface area (Å²) in [4.78, 5) is 4.18. The SMILES string of the molecule is OCCC1(CNCc2cccc(-c3cccnc3)c2)CCOC1. The van der Waals surface area contributed by atoms with Gasteiger partial charge in [0.1, 0.15) is 0 Å². The van der Waals surface area contributed by atoms with Crippen molar-refractivity contribution in [1.82, 2.24) is 10.3 Å². The van der Waals surface area contributed by atoms with Crippen LogP contribution in [0, 0.1) is 5.41 Å². The summed E-state index contributed by atoms with van der Waals surface area (Å²) in [6.45, 7) is 3.47. The fraction of sp³-hybridized carbons (Fsp3) is 0.421. The zero-order valence-corrected chi connectivity index (χ0v) is 13.4. The third-order valence-electron chi connectivity index (χ3n) is 4.58. The van der Waals surface area contributed by atoms with Crippen LogP contribution in [0.1, 0.15) is 18.4 Å². The minimum absolute atomic E-state index is 0.0930. The van der Waals surface area contributed by atoms with Gasteiger partial charge in [-0.05, 0) is 41.7 Å². The molecule has 0 spiro atoms. The van der Waals surface area contributed by atoms with Crippen LogP contribution in [0.4, 0.5) is 0 Å². The highest BCUT2D eigenvalue weighted by atomic mass is 16.5. The zero-order valence-electron chi connectivity index (χ0n) is 13.4. The lowest BCUT2D eigenvalue weighted by Crippen LogP contribution is -2.35. The number of pyridine rings is 1. The Morgan fingerprint density at radius 2 is 2.13 bits per heavy atom. The van der Waals surface area contributed by atoms with Gasteiger partial charge >= 0.3 is 0 Å². The number of nitrogens with one attached hydrogen (secondary N) is 1. The van der Waals surface area contributed by atoms with Crippen molar-refractivity contribution >= 4 is 0 Å². The first-order valence-corrected chi connectivity index (χ1v) is 8.20. The Morgan fingerprint density at radius 3 is 2.87 bits per heavy atom. The predicted molar refractivity (Wildman–Crippen MR) is 91.0 cm³/mol. The van der Waals surface area contributed by atoms with Crippen LogP contribution in [-0.4, -0.2) is 36.5 Å². The van der Waals surface area contributed by atoms with Crippen LogP contribution in [0.25, 0.3) is 11.1 Å². The summed E-state index contributed by atoms with van der Waals surface area (Å²) in [6.07, 6.45) is 5.50. The van der Waals surface area contributed by atoms with Gasteiger partial charge in [0, 0.05) is 44.1 Å². The van der Waals surface area contributed by atoms with Crippen molar-refractivity contribution in [3.8, 4) is 11.1 Å². The molecule has 2 N–H and O–H groups in total. The fourth-order valence-electron chi connectivity index (χ4n) is 3.18. The van der Waals surface area contributed by atoms with Crippen LogP contribution < -0.4 is 5.32 Å². The van der Waals surface area contributed by atoms with Gasteiger partial charge in [0.2, 0.25) is 0 Å². The zero-order chi connectivity index (χ0) is 16.0.